The van der Waals surface area contributed by atoms with Crippen molar-refractivity contribution in [2.24, 2.45) is 0 Å². The molecule has 0 aliphatic rings. The molecule has 2 rings (SSSR count). The average Bonchev–Trinajstić information content (AvgIpc) is 2.55. The summed E-state index contributed by atoms with van der Waals surface area (Å²) in [6, 6.07) is 10.6. The number of nitrogens with one attached hydrogen (secondary N) is 1. The summed E-state index contributed by atoms with van der Waals surface area (Å²) in [7, 11) is 3.26. The summed E-state index contributed by atoms with van der Waals surface area (Å²) in [5.41, 5.74) is 3.03. The van der Waals surface area contributed by atoms with Crippen LogP contribution in [-0.4, -0.2) is 14.2 Å². The molecule has 0 spiro atoms. The van der Waals surface area contributed by atoms with Gasteiger partial charge in [-0.3, -0.25) is 0 Å². The Balaban J connectivity index is 2.10. The van der Waals surface area contributed by atoms with E-state index in [0.29, 0.717) is 25.3 Å². The second-order valence-electron chi connectivity index (χ2n) is 5.22. The van der Waals surface area contributed by atoms with Gasteiger partial charge in [0.15, 0.2) is 11.5 Å². The van der Waals surface area contributed by atoms with Crippen molar-refractivity contribution in [2.75, 3.05) is 14.2 Å². The zero-order chi connectivity index (χ0) is 16.7. The van der Waals surface area contributed by atoms with Gasteiger partial charge in [-0.15, -0.1) is 6.58 Å². The van der Waals surface area contributed by atoms with Gasteiger partial charge in [0.1, 0.15) is 5.82 Å². The summed E-state index contributed by atoms with van der Waals surface area (Å²) in [5, 5.41) is 3.31. The van der Waals surface area contributed by atoms with Gasteiger partial charge >= 0.3 is 0 Å². The highest BCUT2D eigenvalue weighted by molar-refractivity contribution is 5.50. The first-order valence-corrected chi connectivity index (χ1v) is 7.47. The van der Waals surface area contributed by atoms with Gasteiger partial charge in [0.05, 0.1) is 14.2 Å². The summed E-state index contributed by atoms with van der Waals surface area (Å²) < 4.78 is 24.0. The van der Waals surface area contributed by atoms with Gasteiger partial charge < -0.3 is 14.8 Å². The second kappa shape index (κ2) is 8.34. The molecule has 1 N–H and O–H groups in total. The van der Waals surface area contributed by atoms with Gasteiger partial charge in [0, 0.05) is 18.7 Å². The zero-order valence-corrected chi connectivity index (χ0v) is 13.6. The van der Waals surface area contributed by atoms with Crippen LogP contribution in [0.2, 0.25) is 0 Å². The molecule has 0 heterocycles. The van der Waals surface area contributed by atoms with Gasteiger partial charge in [0.2, 0.25) is 0 Å². The molecule has 0 saturated heterocycles. The summed E-state index contributed by atoms with van der Waals surface area (Å²) in [4.78, 5) is 0. The fourth-order valence-corrected chi connectivity index (χ4v) is 2.51. The number of benzene rings is 2. The van der Waals surface area contributed by atoms with Crippen LogP contribution in [0.1, 0.15) is 16.7 Å². The van der Waals surface area contributed by atoms with Crippen molar-refractivity contribution in [3.63, 3.8) is 0 Å². The van der Waals surface area contributed by atoms with Crippen LogP contribution < -0.4 is 14.8 Å². The standard InChI is InChI=1S/C19H22FNO2/c1-4-6-16-9-15(11-18(22-2)19(16)23-3)13-21-12-14-7-5-8-17(20)10-14/h4-5,7-11,21H,1,6,12-13H2,2-3H3. The summed E-state index contributed by atoms with van der Waals surface area (Å²) in [5.74, 6) is 1.22. The van der Waals surface area contributed by atoms with E-state index < -0.39 is 0 Å². The predicted molar refractivity (Wildman–Crippen MR) is 90.4 cm³/mol. The highest BCUT2D eigenvalue weighted by Crippen LogP contribution is 2.33. The van der Waals surface area contributed by atoms with E-state index in [1.165, 1.54) is 12.1 Å². The fraction of sp³-hybridized carbons (Fsp3) is 0.263. The molecule has 0 saturated carbocycles. The Bertz CT molecular complexity index is 670. The summed E-state index contributed by atoms with van der Waals surface area (Å²) in [6.07, 6.45) is 2.54. The SMILES string of the molecule is C=CCc1cc(CNCc2cccc(F)c2)cc(OC)c1OC. The molecule has 4 heteroatoms. The molecule has 0 aromatic heterocycles. The maximum Gasteiger partial charge on any atom is 0.164 e. The summed E-state index contributed by atoms with van der Waals surface area (Å²) >= 11 is 0. The van der Waals surface area contributed by atoms with Crippen molar-refractivity contribution in [3.05, 3.63) is 71.6 Å². The molecule has 0 aliphatic carbocycles. The third kappa shape index (κ3) is 4.57. The number of rotatable bonds is 8. The van der Waals surface area contributed by atoms with Crippen molar-refractivity contribution >= 4 is 0 Å². The van der Waals surface area contributed by atoms with Crippen LogP contribution in [0.15, 0.2) is 49.1 Å². The fourth-order valence-electron chi connectivity index (χ4n) is 2.51. The Hall–Kier alpha value is -2.33. The first kappa shape index (κ1) is 17.0. The molecule has 0 aliphatic heterocycles. The molecule has 122 valence electrons. The van der Waals surface area contributed by atoms with Crippen LogP contribution in [0, 0.1) is 5.82 Å². The topological polar surface area (TPSA) is 30.5 Å². The number of hydrogen-bond acceptors (Lipinski definition) is 3. The van der Waals surface area contributed by atoms with E-state index in [1.807, 2.05) is 18.2 Å². The van der Waals surface area contributed by atoms with E-state index in [0.717, 1.165) is 22.4 Å². The average molecular weight is 315 g/mol. The number of methoxy groups -OCH3 is 2. The minimum atomic E-state index is -0.219. The molecule has 0 atom stereocenters. The van der Waals surface area contributed by atoms with Crippen molar-refractivity contribution in [1.82, 2.24) is 5.32 Å². The Morgan fingerprint density at radius 3 is 2.52 bits per heavy atom. The van der Waals surface area contributed by atoms with Gasteiger partial charge in [-0.1, -0.05) is 24.3 Å². The lowest BCUT2D eigenvalue weighted by molar-refractivity contribution is 0.351. The molecule has 23 heavy (non-hydrogen) atoms. The molecular formula is C19H22FNO2. The quantitative estimate of drug-likeness (QED) is 0.750. The third-order valence-corrected chi connectivity index (χ3v) is 3.53. The monoisotopic (exact) mass is 315 g/mol. The van der Waals surface area contributed by atoms with E-state index in [1.54, 1.807) is 20.3 Å². The number of halogens is 1. The van der Waals surface area contributed by atoms with E-state index in [9.17, 15) is 4.39 Å². The molecule has 0 amide bonds. The number of hydrogen-bond donors (Lipinski definition) is 1. The molecule has 2 aromatic rings. The van der Waals surface area contributed by atoms with Crippen LogP contribution in [0.5, 0.6) is 11.5 Å². The van der Waals surface area contributed by atoms with E-state index in [4.69, 9.17) is 9.47 Å². The van der Waals surface area contributed by atoms with E-state index in [2.05, 4.69) is 18.0 Å². The van der Waals surface area contributed by atoms with Gasteiger partial charge in [-0.25, -0.2) is 4.39 Å². The largest absolute Gasteiger partial charge is 0.493 e. The van der Waals surface area contributed by atoms with Crippen LogP contribution in [0.3, 0.4) is 0 Å². The maximum atomic E-state index is 13.2. The number of ether oxygens (including phenoxy) is 2. The Kier molecular flexibility index (Phi) is 6.18. The molecular weight excluding hydrogens is 293 g/mol. The van der Waals surface area contributed by atoms with Crippen molar-refractivity contribution in [1.29, 1.82) is 0 Å². The normalized spacial score (nSPS) is 10.4. The second-order valence-corrected chi connectivity index (χ2v) is 5.22. The maximum absolute atomic E-state index is 13.2. The van der Waals surface area contributed by atoms with E-state index in [-0.39, 0.29) is 5.82 Å². The first-order valence-electron chi connectivity index (χ1n) is 7.47. The first-order chi connectivity index (χ1) is 11.2. The lowest BCUT2D eigenvalue weighted by Crippen LogP contribution is -2.13. The molecule has 2 aromatic carbocycles. The van der Waals surface area contributed by atoms with Crippen molar-refractivity contribution in [2.45, 2.75) is 19.5 Å². The van der Waals surface area contributed by atoms with Crippen LogP contribution in [0.25, 0.3) is 0 Å². The predicted octanol–water partition coefficient (Wildman–Crippen LogP) is 3.86. The Morgan fingerprint density at radius 1 is 1.09 bits per heavy atom. The van der Waals surface area contributed by atoms with Gasteiger partial charge in [-0.05, 0) is 35.7 Å². The molecule has 0 radical (unpaired) electrons. The van der Waals surface area contributed by atoms with E-state index >= 15 is 0 Å². The Labute approximate surface area is 136 Å². The Morgan fingerprint density at radius 2 is 1.87 bits per heavy atom. The minimum absolute atomic E-state index is 0.219. The molecule has 3 nitrogen and oxygen atoms in total. The van der Waals surface area contributed by atoms with Crippen molar-refractivity contribution in [3.8, 4) is 11.5 Å². The highest BCUT2D eigenvalue weighted by Gasteiger charge is 2.11. The molecule has 0 fully saturated rings. The van der Waals surface area contributed by atoms with Gasteiger partial charge in [0.25, 0.3) is 0 Å². The lowest BCUT2D eigenvalue weighted by Gasteiger charge is -2.15. The van der Waals surface area contributed by atoms with Crippen LogP contribution >= 0.6 is 0 Å². The van der Waals surface area contributed by atoms with Gasteiger partial charge in [-0.2, -0.15) is 0 Å². The van der Waals surface area contributed by atoms with Crippen LogP contribution in [0.4, 0.5) is 4.39 Å². The molecule has 0 unspecified atom stereocenters. The van der Waals surface area contributed by atoms with Crippen LogP contribution in [-0.2, 0) is 19.5 Å². The lowest BCUT2D eigenvalue weighted by atomic mass is 10.1. The minimum Gasteiger partial charge on any atom is -0.493 e. The highest BCUT2D eigenvalue weighted by atomic mass is 19.1. The van der Waals surface area contributed by atoms with Crippen molar-refractivity contribution < 1.29 is 13.9 Å². The summed E-state index contributed by atoms with van der Waals surface area (Å²) in [6.45, 7) is 5.03. The molecule has 0 bridgehead atoms. The third-order valence-electron chi connectivity index (χ3n) is 3.53. The zero-order valence-electron chi connectivity index (χ0n) is 13.6. The smallest absolute Gasteiger partial charge is 0.164 e. The number of allylic oxidation sites excluding steroid dienone is 1.